The summed E-state index contributed by atoms with van der Waals surface area (Å²) >= 11 is 0. The number of hydrogen-bond donors (Lipinski definition) is 0. The Morgan fingerprint density at radius 3 is 2.15 bits per heavy atom. The average molecular weight is 391 g/mol. The summed E-state index contributed by atoms with van der Waals surface area (Å²) < 4.78 is 44.0. The molecule has 7 heteroatoms. The summed E-state index contributed by atoms with van der Waals surface area (Å²) in [6.07, 6.45) is 1.27. The van der Waals surface area contributed by atoms with Gasteiger partial charge in [0.1, 0.15) is 28.2 Å². The van der Waals surface area contributed by atoms with Crippen molar-refractivity contribution in [3.8, 4) is 17.2 Å². The predicted molar refractivity (Wildman–Crippen MR) is 103 cm³/mol. The Balaban J connectivity index is 1.66. The molecule has 1 aliphatic rings. The largest absolute Gasteiger partial charge is 0.497 e. The van der Waals surface area contributed by atoms with Crippen LogP contribution in [-0.2, 0) is 10.0 Å². The number of ether oxygens (including phenoxy) is 3. The monoisotopic (exact) mass is 391 g/mol. The number of sulfonamides is 1. The van der Waals surface area contributed by atoms with Crippen LogP contribution in [0.5, 0.6) is 17.2 Å². The second-order valence-corrected chi connectivity index (χ2v) is 8.46. The zero-order valence-corrected chi connectivity index (χ0v) is 16.7. The molecule has 1 fully saturated rings. The summed E-state index contributed by atoms with van der Waals surface area (Å²) in [7, 11) is -0.491. The molecule has 27 heavy (non-hydrogen) atoms. The van der Waals surface area contributed by atoms with E-state index in [0.29, 0.717) is 31.7 Å². The van der Waals surface area contributed by atoms with Crippen molar-refractivity contribution in [3.05, 3.63) is 48.0 Å². The Morgan fingerprint density at radius 2 is 1.56 bits per heavy atom. The van der Waals surface area contributed by atoms with Crippen molar-refractivity contribution in [2.75, 3.05) is 27.3 Å². The molecular formula is C20H25NO5S. The number of rotatable bonds is 6. The summed E-state index contributed by atoms with van der Waals surface area (Å²) in [6, 6.07) is 12.6. The molecular weight excluding hydrogens is 366 g/mol. The van der Waals surface area contributed by atoms with Gasteiger partial charge in [-0.25, -0.2) is 8.42 Å². The number of nitrogens with zero attached hydrogens (tertiary/aromatic N) is 1. The molecule has 6 nitrogen and oxygen atoms in total. The normalized spacial score (nSPS) is 16.1. The smallest absolute Gasteiger partial charge is 0.246 e. The fraction of sp³-hybridized carbons (Fsp3) is 0.400. The van der Waals surface area contributed by atoms with Crippen LogP contribution in [0.2, 0.25) is 0 Å². The van der Waals surface area contributed by atoms with E-state index in [1.165, 1.54) is 11.4 Å². The van der Waals surface area contributed by atoms with E-state index in [1.54, 1.807) is 19.2 Å². The molecule has 0 N–H and O–H groups in total. The highest BCUT2D eigenvalue weighted by atomic mass is 32.2. The first-order valence-corrected chi connectivity index (χ1v) is 10.3. The first-order chi connectivity index (χ1) is 12.9. The second kappa shape index (κ2) is 8.19. The van der Waals surface area contributed by atoms with E-state index in [2.05, 4.69) is 0 Å². The Morgan fingerprint density at radius 1 is 0.926 bits per heavy atom. The molecule has 0 radical (unpaired) electrons. The number of aryl methyl sites for hydroxylation is 1. The van der Waals surface area contributed by atoms with Gasteiger partial charge in [0.05, 0.1) is 14.2 Å². The van der Waals surface area contributed by atoms with Crippen molar-refractivity contribution in [3.63, 3.8) is 0 Å². The first-order valence-electron chi connectivity index (χ1n) is 8.89. The summed E-state index contributed by atoms with van der Waals surface area (Å²) in [6.45, 7) is 2.70. The van der Waals surface area contributed by atoms with Crippen LogP contribution >= 0.6 is 0 Å². The van der Waals surface area contributed by atoms with E-state index in [1.807, 2.05) is 37.3 Å². The van der Waals surface area contributed by atoms with Gasteiger partial charge >= 0.3 is 0 Å². The van der Waals surface area contributed by atoms with Gasteiger partial charge in [0.2, 0.25) is 10.0 Å². The topological polar surface area (TPSA) is 65.1 Å². The molecule has 0 amide bonds. The maximum absolute atomic E-state index is 13.0. The highest BCUT2D eigenvalue weighted by molar-refractivity contribution is 7.89. The lowest BCUT2D eigenvalue weighted by Crippen LogP contribution is -2.41. The lowest BCUT2D eigenvalue weighted by molar-refractivity contribution is 0.135. The molecule has 0 saturated carbocycles. The minimum Gasteiger partial charge on any atom is -0.497 e. The number of piperidine rings is 1. The summed E-state index contributed by atoms with van der Waals surface area (Å²) in [5.74, 6) is 1.91. The van der Waals surface area contributed by atoms with Gasteiger partial charge in [-0.15, -0.1) is 0 Å². The van der Waals surface area contributed by atoms with Gasteiger partial charge in [0, 0.05) is 13.1 Å². The van der Waals surface area contributed by atoms with E-state index in [9.17, 15) is 8.42 Å². The van der Waals surface area contributed by atoms with E-state index in [0.717, 1.165) is 17.1 Å². The highest BCUT2D eigenvalue weighted by Gasteiger charge is 2.32. The number of methoxy groups -OCH3 is 2. The highest BCUT2D eigenvalue weighted by Crippen LogP contribution is 2.30. The van der Waals surface area contributed by atoms with E-state index in [-0.39, 0.29) is 11.0 Å². The fourth-order valence-electron chi connectivity index (χ4n) is 3.16. The van der Waals surface area contributed by atoms with Gasteiger partial charge < -0.3 is 14.2 Å². The van der Waals surface area contributed by atoms with Crippen molar-refractivity contribution in [1.29, 1.82) is 0 Å². The van der Waals surface area contributed by atoms with Crippen molar-refractivity contribution in [2.24, 2.45) is 0 Å². The third kappa shape index (κ3) is 4.36. The van der Waals surface area contributed by atoms with E-state index in [4.69, 9.17) is 14.2 Å². The maximum atomic E-state index is 13.0. The molecule has 3 rings (SSSR count). The Hall–Kier alpha value is -2.25. The number of benzene rings is 2. The molecule has 0 spiro atoms. The molecule has 0 aliphatic carbocycles. The molecule has 1 aliphatic heterocycles. The molecule has 0 aromatic heterocycles. The van der Waals surface area contributed by atoms with Crippen LogP contribution in [0.3, 0.4) is 0 Å². The van der Waals surface area contributed by atoms with Crippen molar-refractivity contribution >= 4 is 10.0 Å². The Labute approximate surface area is 160 Å². The lowest BCUT2D eigenvalue weighted by atomic mass is 10.1. The third-order valence-electron chi connectivity index (χ3n) is 4.70. The average Bonchev–Trinajstić information content (AvgIpc) is 2.69. The van der Waals surface area contributed by atoms with Crippen LogP contribution in [0.15, 0.2) is 47.4 Å². The van der Waals surface area contributed by atoms with Gasteiger partial charge in [-0.05, 0) is 61.7 Å². The van der Waals surface area contributed by atoms with Crippen LogP contribution in [0.25, 0.3) is 0 Å². The summed E-state index contributed by atoms with van der Waals surface area (Å²) in [4.78, 5) is 0.222. The minimum atomic E-state index is -3.60. The fourth-order valence-corrected chi connectivity index (χ4v) is 4.87. The van der Waals surface area contributed by atoms with Gasteiger partial charge in [-0.2, -0.15) is 4.31 Å². The standard InChI is InChI=1S/C20H25NO5S/c1-15-4-9-19(25-3)20(14-15)27(22,23)21-12-10-18(11-13-21)26-17-7-5-16(24-2)6-8-17/h4-9,14,18H,10-13H2,1-3H3. The van der Waals surface area contributed by atoms with Crippen LogP contribution < -0.4 is 14.2 Å². The Bertz CT molecular complexity index is 872. The Kier molecular flexibility index (Phi) is 5.92. The summed E-state index contributed by atoms with van der Waals surface area (Å²) in [5, 5.41) is 0. The van der Waals surface area contributed by atoms with E-state index >= 15 is 0 Å². The zero-order chi connectivity index (χ0) is 19.4. The summed E-state index contributed by atoms with van der Waals surface area (Å²) in [5.41, 5.74) is 0.882. The second-order valence-electron chi connectivity index (χ2n) is 6.55. The minimum absolute atomic E-state index is 0.00995. The van der Waals surface area contributed by atoms with Crippen molar-refractivity contribution in [2.45, 2.75) is 30.8 Å². The molecule has 0 bridgehead atoms. The molecule has 146 valence electrons. The van der Waals surface area contributed by atoms with Crippen LogP contribution in [0, 0.1) is 6.92 Å². The molecule has 0 atom stereocenters. The van der Waals surface area contributed by atoms with E-state index < -0.39 is 10.0 Å². The third-order valence-corrected chi connectivity index (χ3v) is 6.62. The number of hydrogen-bond acceptors (Lipinski definition) is 5. The van der Waals surface area contributed by atoms with Gasteiger partial charge in [0.15, 0.2) is 0 Å². The predicted octanol–water partition coefficient (Wildman–Crippen LogP) is 3.24. The molecule has 0 unspecified atom stereocenters. The lowest BCUT2D eigenvalue weighted by Gasteiger charge is -2.31. The van der Waals surface area contributed by atoms with Gasteiger partial charge in [0.25, 0.3) is 0 Å². The molecule has 2 aromatic carbocycles. The molecule has 1 saturated heterocycles. The van der Waals surface area contributed by atoms with Gasteiger partial charge in [-0.3, -0.25) is 0 Å². The molecule has 1 heterocycles. The molecule has 2 aromatic rings. The maximum Gasteiger partial charge on any atom is 0.246 e. The quantitative estimate of drug-likeness (QED) is 0.756. The SMILES string of the molecule is COc1ccc(OC2CCN(S(=O)(=O)c3cc(C)ccc3OC)CC2)cc1. The first kappa shape index (κ1) is 19.5. The van der Waals surface area contributed by atoms with Crippen LogP contribution in [0.4, 0.5) is 0 Å². The van der Waals surface area contributed by atoms with Crippen molar-refractivity contribution in [1.82, 2.24) is 4.31 Å². The van der Waals surface area contributed by atoms with Crippen molar-refractivity contribution < 1.29 is 22.6 Å². The van der Waals surface area contributed by atoms with Crippen LogP contribution in [0.1, 0.15) is 18.4 Å². The zero-order valence-electron chi connectivity index (χ0n) is 15.8. The van der Waals surface area contributed by atoms with Crippen LogP contribution in [-0.4, -0.2) is 46.1 Å². The van der Waals surface area contributed by atoms with Gasteiger partial charge in [-0.1, -0.05) is 6.07 Å².